The minimum absolute atomic E-state index is 0.261. The van der Waals surface area contributed by atoms with Gasteiger partial charge in [-0.1, -0.05) is 30.3 Å². The lowest BCUT2D eigenvalue weighted by Crippen LogP contribution is -2.51. The predicted molar refractivity (Wildman–Crippen MR) is 93.0 cm³/mol. The highest BCUT2D eigenvalue weighted by molar-refractivity contribution is 5.88. The molecule has 0 aromatic heterocycles. The highest BCUT2D eigenvalue weighted by atomic mass is 16.6. The second kappa shape index (κ2) is 9.05. The molecule has 0 aliphatic rings. The van der Waals surface area contributed by atoms with Gasteiger partial charge in [0.1, 0.15) is 18.2 Å². The van der Waals surface area contributed by atoms with Crippen molar-refractivity contribution in [2.24, 2.45) is 0 Å². The first-order valence-corrected chi connectivity index (χ1v) is 7.98. The molecule has 1 aromatic rings. The Labute approximate surface area is 148 Å². The summed E-state index contributed by atoms with van der Waals surface area (Å²) in [6, 6.07) is 8.49. The summed E-state index contributed by atoms with van der Waals surface area (Å²) in [4.78, 5) is 37.3. The van der Waals surface area contributed by atoms with Crippen molar-refractivity contribution in [2.45, 2.75) is 38.8 Å². The van der Waals surface area contributed by atoms with Crippen LogP contribution in [-0.4, -0.2) is 55.2 Å². The van der Waals surface area contributed by atoms with Crippen LogP contribution in [-0.2, 0) is 25.5 Å². The second-order valence-electron chi connectivity index (χ2n) is 6.59. The van der Waals surface area contributed by atoms with Gasteiger partial charge in [0, 0.05) is 13.5 Å². The summed E-state index contributed by atoms with van der Waals surface area (Å²) in [6.07, 6.45) is -0.314. The molecule has 0 bridgehead atoms. The maximum absolute atomic E-state index is 12.5. The van der Waals surface area contributed by atoms with Crippen LogP contribution in [0.15, 0.2) is 30.3 Å². The predicted octanol–water partition coefficient (Wildman–Crippen LogP) is 1.75. The third kappa shape index (κ3) is 7.24. The minimum Gasteiger partial charge on any atom is -0.468 e. The SMILES string of the molecule is COC(=O)CNC(=O)[C@H](Cc1ccccc1)N(C)C(=O)OC(C)(C)C. The van der Waals surface area contributed by atoms with Gasteiger partial charge in [0.15, 0.2) is 0 Å². The lowest BCUT2D eigenvalue weighted by molar-refractivity contribution is -0.141. The maximum atomic E-state index is 12.5. The van der Waals surface area contributed by atoms with Crippen molar-refractivity contribution in [2.75, 3.05) is 20.7 Å². The summed E-state index contributed by atoms with van der Waals surface area (Å²) in [5.41, 5.74) is 0.210. The maximum Gasteiger partial charge on any atom is 0.410 e. The van der Waals surface area contributed by atoms with Crippen LogP contribution in [0.5, 0.6) is 0 Å². The lowest BCUT2D eigenvalue weighted by atomic mass is 10.0. The van der Waals surface area contributed by atoms with Crippen LogP contribution < -0.4 is 5.32 Å². The van der Waals surface area contributed by atoms with Crippen LogP contribution >= 0.6 is 0 Å². The number of nitrogens with one attached hydrogen (secondary N) is 1. The molecule has 1 atom stereocenters. The molecule has 0 fully saturated rings. The van der Waals surface area contributed by atoms with Crippen LogP contribution in [0.3, 0.4) is 0 Å². The average Bonchev–Trinajstić information content (AvgIpc) is 2.56. The van der Waals surface area contributed by atoms with E-state index in [2.05, 4.69) is 10.1 Å². The fourth-order valence-corrected chi connectivity index (χ4v) is 2.05. The smallest absolute Gasteiger partial charge is 0.410 e. The van der Waals surface area contributed by atoms with Crippen LogP contribution in [0, 0.1) is 0 Å². The molecule has 1 N–H and O–H groups in total. The van der Waals surface area contributed by atoms with Crippen molar-refractivity contribution in [3.63, 3.8) is 0 Å². The number of carbonyl (C=O) groups is 3. The molecule has 0 saturated heterocycles. The van der Waals surface area contributed by atoms with E-state index in [0.717, 1.165) is 5.56 Å². The molecule has 7 heteroatoms. The minimum atomic E-state index is -0.818. The van der Waals surface area contributed by atoms with Gasteiger partial charge in [-0.25, -0.2) is 4.79 Å². The van der Waals surface area contributed by atoms with E-state index in [9.17, 15) is 14.4 Å². The van der Waals surface area contributed by atoms with Crippen LogP contribution in [0.4, 0.5) is 4.79 Å². The zero-order valence-electron chi connectivity index (χ0n) is 15.4. The highest BCUT2D eigenvalue weighted by Gasteiger charge is 2.30. The molecule has 0 spiro atoms. The van der Waals surface area contributed by atoms with Crippen LogP contribution in [0.25, 0.3) is 0 Å². The third-order valence-corrected chi connectivity index (χ3v) is 3.36. The molecule has 7 nitrogen and oxygen atoms in total. The first kappa shape index (κ1) is 20.5. The summed E-state index contributed by atoms with van der Waals surface area (Å²) < 4.78 is 9.84. The number of amides is 2. The number of rotatable bonds is 6. The van der Waals surface area contributed by atoms with Gasteiger partial charge in [0.05, 0.1) is 7.11 Å². The van der Waals surface area contributed by atoms with Crippen molar-refractivity contribution in [1.29, 1.82) is 0 Å². The van der Waals surface area contributed by atoms with E-state index in [4.69, 9.17) is 4.74 Å². The highest BCUT2D eigenvalue weighted by Crippen LogP contribution is 2.14. The monoisotopic (exact) mass is 350 g/mol. The van der Waals surface area contributed by atoms with Crippen molar-refractivity contribution < 1.29 is 23.9 Å². The van der Waals surface area contributed by atoms with Gasteiger partial charge >= 0.3 is 12.1 Å². The fraction of sp³-hybridized carbons (Fsp3) is 0.500. The number of methoxy groups -OCH3 is 1. The number of likely N-dealkylation sites (N-methyl/N-ethyl adjacent to an activating group) is 1. The molecule has 0 aliphatic carbocycles. The zero-order chi connectivity index (χ0) is 19.0. The summed E-state index contributed by atoms with van der Waals surface area (Å²) in [6.45, 7) is 5.00. The molecule has 0 unspecified atom stereocenters. The van der Waals surface area contributed by atoms with E-state index in [1.165, 1.54) is 19.1 Å². The number of carbonyl (C=O) groups excluding carboxylic acids is 3. The summed E-state index contributed by atoms with van der Waals surface area (Å²) in [5, 5.41) is 2.49. The Kier molecular flexibility index (Phi) is 7.42. The van der Waals surface area contributed by atoms with Crippen molar-refractivity contribution >= 4 is 18.0 Å². The number of benzene rings is 1. The van der Waals surface area contributed by atoms with Gasteiger partial charge in [-0.05, 0) is 26.3 Å². The van der Waals surface area contributed by atoms with Gasteiger partial charge < -0.3 is 14.8 Å². The molecular weight excluding hydrogens is 324 g/mol. The lowest BCUT2D eigenvalue weighted by Gasteiger charge is -2.30. The largest absolute Gasteiger partial charge is 0.468 e. The number of hydrogen-bond donors (Lipinski definition) is 1. The fourth-order valence-electron chi connectivity index (χ4n) is 2.05. The molecule has 2 amide bonds. The average molecular weight is 350 g/mol. The summed E-state index contributed by atoms with van der Waals surface area (Å²) in [7, 11) is 2.74. The van der Waals surface area contributed by atoms with E-state index in [1.54, 1.807) is 20.8 Å². The second-order valence-corrected chi connectivity index (χ2v) is 6.59. The Morgan fingerprint density at radius 3 is 2.28 bits per heavy atom. The number of esters is 1. The quantitative estimate of drug-likeness (QED) is 0.790. The molecule has 138 valence electrons. The van der Waals surface area contributed by atoms with E-state index in [0.29, 0.717) is 6.42 Å². The molecule has 1 rings (SSSR count). The standard InChI is InChI=1S/C18H26N2O5/c1-18(2,3)25-17(23)20(4)14(11-13-9-7-6-8-10-13)16(22)19-12-15(21)24-5/h6-10,14H,11-12H2,1-5H3,(H,19,22)/t14-/m0/s1. The Balaban J connectivity index is 2.91. The van der Waals surface area contributed by atoms with Crippen molar-refractivity contribution in [3.05, 3.63) is 35.9 Å². The van der Waals surface area contributed by atoms with Gasteiger partial charge in [0.25, 0.3) is 0 Å². The molecule has 1 aromatic carbocycles. The molecule has 0 saturated carbocycles. The van der Waals surface area contributed by atoms with Crippen molar-refractivity contribution in [1.82, 2.24) is 10.2 Å². The van der Waals surface area contributed by atoms with Gasteiger partial charge in [-0.15, -0.1) is 0 Å². The Hall–Kier alpha value is -2.57. The zero-order valence-corrected chi connectivity index (χ0v) is 15.4. The number of hydrogen-bond acceptors (Lipinski definition) is 5. The van der Waals surface area contributed by atoms with Crippen LogP contribution in [0.1, 0.15) is 26.3 Å². The van der Waals surface area contributed by atoms with Gasteiger partial charge in [-0.2, -0.15) is 0 Å². The first-order valence-electron chi connectivity index (χ1n) is 7.98. The Morgan fingerprint density at radius 1 is 1.16 bits per heavy atom. The molecule has 0 aliphatic heterocycles. The van der Waals surface area contributed by atoms with E-state index >= 15 is 0 Å². The molecule has 0 heterocycles. The van der Waals surface area contributed by atoms with Gasteiger partial charge in [0.2, 0.25) is 5.91 Å². The molecular formula is C18H26N2O5. The number of nitrogens with zero attached hydrogens (tertiary/aromatic N) is 1. The number of ether oxygens (including phenoxy) is 2. The Bertz CT molecular complexity index is 595. The molecule has 0 radical (unpaired) electrons. The van der Waals surface area contributed by atoms with E-state index in [-0.39, 0.29) is 6.54 Å². The van der Waals surface area contributed by atoms with Gasteiger partial charge in [-0.3, -0.25) is 14.5 Å². The Morgan fingerprint density at radius 2 is 1.76 bits per heavy atom. The first-order chi connectivity index (χ1) is 11.6. The summed E-state index contributed by atoms with van der Waals surface area (Å²) >= 11 is 0. The summed E-state index contributed by atoms with van der Waals surface area (Å²) in [5.74, 6) is -1.02. The van der Waals surface area contributed by atoms with E-state index < -0.39 is 29.6 Å². The van der Waals surface area contributed by atoms with E-state index in [1.807, 2.05) is 30.3 Å². The van der Waals surface area contributed by atoms with Crippen LogP contribution in [0.2, 0.25) is 0 Å². The normalized spacial score (nSPS) is 12.0. The molecule has 25 heavy (non-hydrogen) atoms. The topological polar surface area (TPSA) is 84.9 Å². The van der Waals surface area contributed by atoms with Crippen molar-refractivity contribution in [3.8, 4) is 0 Å². The third-order valence-electron chi connectivity index (χ3n) is 3.36.